The first kappa shape index (κ1) is 12.3. The Hall–Kier alpha value is -1.66. The number of carboxylic acid groups (broad SMARTS) is 1. The van der Waals surface area contributed by atoms with Gasteiger partial charge in [-0.15, -0.1) is 0 Å². The Morgan fingerprint density at radius 2 is 1.50 bits per heavy atom. The van der Waals surface area contributed by atoms with E-state index in [0.717, 1.165) is 0 Å². The molecule has 0 aromatic carbocycles. The summed E-state index contributed by atoms with van der Waals surface area (Å²) < 4.78 is 43.4. The molecule has 0 unspecified atom stereocenters. The molecule has 0 amide bonds. The number of pyridine rings is 1. The standard InChI is InChI=1S/C5H5FN.C2HF3O2/c6-7-4-2-1-3-5-7;3-2(4,5)1(6)7/h1-5H;(H,6,7)/q+1;/p-1. The fraction of sp³-hybridized carbons (Fsp3) is 0.143. The van der Waals surface area contributed by atoms with Gasteiger partial charge < -0.3 is 9.90 Å². The molecule has 3 nitrogen and oxygen atoms in total. The van der Waals surface area contributed by atoms with Crippen LogP contribution in [-0.2, 0) is 4.79 Å². The molecule has 0 radical (unpaired) electrons. The molecule has 0 aliphatic rings. The van der Waals surface area contributed by atoms with Crippen molar-refractivity contribution in [3.63, 3.8) is 0 Å². The Morgan fingerprint density at radius 1 is 1.14 bits per heavy atom. The van der Waals surface area contributed by atoms with Crippen molar-refractivity contribution < 1.29 is 32.3 Å². The van der Waals surface area contributed by atoms with E-state index in [2.05, 4.69) is 0 Å². The van der Waals surface area contributed by atoms with E-state index in [1.54, 1.807) is 18.2 Å². The zero-order chi connectivity index (χ0) is 11.2. The molecule has 0 N–H and O–H groups in total. The number of nitrogens with zero attached hydrogens (tertiary/aromatic N) is 1. The Morgan fingerprint density at radius 3 is 1.64 bits per heavy atom. The number of halogens is 4. The summed E-state index contributed by atoms with van der Waals surface area (Å²) in [6.45, 7) is 0. The molecule has 7 heteroatoms. The average Bonchev–Trinajstić information content (AvgIpc) is 2.04. The van der Waals surface area contributed by atoms with Gasteiger partial charge in [0.25, 0.3) is 0 Å². The predicted octanol–water partition coefficient (Wildman–Crippen LogP) is 0.00530. The normalized spacial score (nSPS) is 10.0. The zero-order valence-electron chi connectivity index (χ0n) is 6.66. The summed E-state index contributed by atoms with van der Waals surface area (Å²) in [5, 5.41) is 8.78. The summed E-state index contributed by atoms with van der Waals surface area (Å²) in [7, 11) is 0. The van der Waals surface area contributed by atoms with Crippen LogP contribution in [0, 0.1) is 0 Å². The van der Waals surface area contributed by atoms with E-state index in [-0.39, 0.29) is 0 Å². The summed E-state index contributed by atoms with van der Waals surface area (Å²) in [5.41, 5.74) is 0. The van der Waals surface area contributed by atoms with Crippen molar-refractivity contribution >= 4 is 5.97 Å². The molecule has 1 rings (SSSR count). The van der Waals surface area contributed by atoms with E-state index >= 15 is 0 Å². The highest BCUT2D eigenvalue weighted by Crippen LogP contribution is 2.11. The lowest BCUT2D eigenvalue weighted by Crippen LogP contribution is -2.37. The van der Waals surface area contributed by atoms with Gasteiger partial charge >= 0.3 is 6.18 Å². The highest BCUT2D eigenvalue weighted by Gasteiger charge is 2.28. The van der Waals surface area contributed by atoms with Crippen molar-refractivity contribution in [3.8, 4) is 0 Å². The number of carbonyl (C=O) groups excluding carboxylic acids is 1. The Balaban J connectivity index is 0.000000241. The van der Waals surface area contributed by atoms with E-state index in [0.29, 0.717) is 4.79 Å². The lowest BCUT2D eigenvalue weighted by molar-refractivity contribution is -0.843. The van der Waals surface area contributed by atoms with Crippen LogP contribution in [-0.4, -0.2) is 12.1 Å². The van der Waals surface area contributed by atoms with Gasteiger partial charge in [-0.3, -0.25) is 0 Å². The second-order valence-electron chi connectivity index (χ2n) is 2.00. The molecule has 0 saturated carbocycles. The van der Waals surface area contributed by atoms with Gasteiger partial charge in [0.05, 0.1) is 4.48 Å². The Kier molecular flexibility index (Phi) is 4.54. The molecule has 0 aliphatic carbocycles. The van der Waals surface area contributed by atoms with Gasteiger partial charge in [-0.2, -0.15) is 13.2 Å². The predicted molar refractivity (Wildman–Crippen MR) is 34.2 cm³/mol. The van der Waals surface area contributed by atoms with Gasteiger partial charge in [0.2, 0.25) is 12.4 Å². The minimum absolute atomic E-state index is 0.500. The van der Waals surface area contributed by atoms with Crippen LogP contribution in [0.2, 0.25) is 0 Å². The zero-order valence-corrected chi connectivity index (χ0v) is 6.66. The summed E-state index contributed by atoms with van der Waals surface area (Å²) >= 11 is 0. The molecule has 0 saturated heterocycles. The van der Waals surface area contributed by atoms with Crippen molar-refractivity contribution in [3.05, 3.63) is 30.6 Å². The van der Waals surface area contributed by atoms with Crippen molar-refractivity contribution in [1.82, 2.24) is 0 Å². The van der Waals surface area contributed by atoms with Crippen molar-refractivity contribution in [2.24, 2.45) is 0 Å². The molecule has 0 bridgehead atoms. The van der Waals surface area contributed by atoms with Gasteiger partial charge in [-0.05, 0) is 0 Å². The quantitative estimate of drug-likeness (QED) is 0.567. The fourth-order valence-corrected chi connectivity index (χ4v) is 0.378. The number of carboxylic acids is 1. The Bertz CT molecular complexity index is 285. The lowest BCUT2D eigenvalue weighted by Gasteiger charge is -2.03. The SMILES string of the molecule is F[n+]1ccccc1.O=C([O-])C(F)(F)F. The molecule has 1 aromatic rings. The molecule has 1 heterocycles. The fourth-order valence-electron chi connectivity index (χ4n) is 0.378. The van der Waals surface area contributed by atoms with E-state index in [9.17, 15) is 17.7 Å². The monoisotopic (exact) mass is 211 g/mol. The van der Waals surface area contributed by atoms with Crippen LogP contribution in [0.15, 0.2) is 30.6 Å². The molecule has 0 spiro atoms. The van der Waals surface area contributed by atoms with E-state index < -0.39 is 12.1 Å². The van der Waals surface area contributed by atoms with Gasteiger partial charge in [0, 0.05) is 16.9 Å². The summed E-state index contributed by atoms with van der Waals surface area (Å²) in [5.74, 6) is -3.01. The second-order valence-corrected chi connectivity index (χ2v) is 2.00. The van der Waals surface area contributed by atoms with Crippen LogP contribution in [0.25, 0.3) is 0 Å². The van der Waals surface area contributed by atoms with Crippen molar-refractivity contribution in [1.29, 1.82) is 0 Å². The maximum absolute atomic E-state index is 11.8. The molecule has 78 valence electrons. The van der Waals surface area contributed by atoms with Gasteiger partial charge in [0.15, 0.2) is 0 Å². The third kappa shape index (κ3) is 5.92. The van der Waals surface area contributed by atoms with E-state index in [1.807, 2.05) is 0 Å². The molecule has 1 aromatic heterocycles. The van der Waals surface area contributed by atoms with Crippen molar-refractivity contribution in [2.75, 3.05) is 0 Å². The van der Waals surface area contributed by atoms with Gasteiger partial charge in [0.1, 0.15) is 5.97 Å². The summed E-state index contributed by atoms with van der Waals surface area (Å²) in [6, 6.07) is 5.01. The number of aromatic nitrogens is 1. The molecule has 0 fully saturated rings. The number of alkyl halides is 3. The minimum Gasteiger partial charge on any atom is -0.542 e. The first-order chi connectivity index (χ1) is 6.34. The molecular formula is C7H5F4NO2. The van der Waals surface area contributed by atoms with Crippen LogP contribution in [0.1, 0.15) is 0 Å². The third-order valence-corrected chi connectivity index (χ3v) is 0.911. The van der Waals surface area contributed by atoms with Crippen LogP contribution in [0.5, 0.6) is 0 Å². The number of carbonyl (C=O) groups is 1. The summed E-state index contributed by atoms with van der Waals surface area (Å²) in [4.78, 5) is 9.28. The van der Waals surface area contributed by atoms with Gasteiger partial charge in [-0.25, -0.2) is 0 Å². The Labute approximate surface area is 76.1 Å². The van der Waals surface area contributed by atoms with E-state index in [1.165, 1.54) is 12.4 Å². The molecule has 0 aliphatic heterocycles. The topological polar surface area (TPSA) is 44.0 Å². The van der Waals surface area contributed by atoms with Crippen LogP contribution in [0.4, 0.5) is 17.7 Å². The molecule has 0 atom stereocenters. The first-order valence-corrected chi connectivity index (χ1v) is 3.24. The second kappa shape index (κ2) is 5.15. The highest BCUT2D eigenvalue weighted by molar-refractivity contribution is 5.70. The van der Waals surface area contributed by atoms with E-state index in [4.69, 9.17) is 9.90 Å². The number of hydrogen-bond acceptors (Lipinski definition) is 2. The molecular weight excluding hydrogens is 206 g/mol. The van der Waals surface area contributed by atoms with Crippen molar-refractivity contribution in [2.45, 2.75) is 6.18 Å². The summed E-state index contributed by atoms with van der Waals surface area (Å²) in [6.07, 6.45) is -2.53. The maximum Gasteiger partial charge on any atom is 0.430 e. The van der Waals surface area contributed by atoms with Crippen LogP contribution < -0.4 is 9.90 Å². The largest absolute Gasteiger partial charge is 0.542 e. The third-order valence-electron chi connectivity index (χ3n) is 0.911. The van der Waals surface area contributed by atoms with Crippen LogP contribution >= 0.6 is 0 Å². The van der Waals surface area contributed by atoms with Gasteiger partial charge in [-0.1, -0.05) is 6.07 Å². The number of hydrogen-bond donors (Lipinski definition) is 0. The molecule has 14 heavy (non-hydrogen) atoms. The lowest BCUT2D eigenvalue weighted by atomic mass is 10.5. The smallest absolute Gasteiger partial charge is 0.430 e. The maximum atomic E-state index is 11.8. The highest BCUT2D eigenvalue weighted by atomic mass is 19.4. The number of rotatable bonds is 0. The van der Waals surface area contributed by atoms with Crippen LogP contribution in [0.3, 0.4) is 0 Å². The number of aliphatic carboxylic acids is 1. The average molecular weight is 211 g/mol. The minimum atomic E-state index is -5.19. The first-order valence-electron chi connectivity index (χ1n) is 3.24.